The van der Waals surface area contributed by atoms with E-state index in [1.807, 2.05) is 0 Å². The molecule has 1 aliphatic rings. The highest BCUT2D eigenvalue weighted by atomic mass is 32.2. The van der Waals surface area contributed by atoms with Crippen LogP contribution in [0, 0.1) is 17.6 Å². The average molecular weight is 724 g/mol. The fourth-order valence-corrected chi connectivity index (χ4v) is 6.13. The molecule has 0 saturated carbocycles. The van der Waals surface area contributed by atoms with Crippen molar-refractivity contribution in [2.75, 3.05) is 23.8 Å². The molecule has 1 heterocycles. The van der Waals surface area contributed by atoms with E-state index in [-0.39, 0.29) is 29.4 Å². The predicted octanol–water partition coefficient (Wildman–Crippen LogP) is 4.13. The molecule has 0 bridgehead atoms. The fraction of sp³-hybridized carbons (Fsp3) is 0.250. The predicted molar refractivity (Wildman–Crippen MR) is 181 cm³/mol. The number of carbonyl (C=O) groups is 3. The van der Waals surface area contributed by atoms with Crippen LogP contribution in [-0.2, 0) is 24.5 Å². The van der Waals surface area contributed by atoms with Gasteiger partial charge in [-0.2, -0.15) is 8.42 Å². The van der Waals surface area contributed by atoms with E-state index in [1.165, 1.54) is 72.8 Å². The van der Waals surface area contributed by atoms with Crippen molar-refractivity contribution in [3.63, 3.8) is 0 Å². The average Bonchev–Trinajstić information content (AvgIpc) is 3.10. The summed E-state index contributed by atoms with van der Waals surface area (Å²) >= 11 is 0. The number of amides is 3. The number of nitrogens with zero attached hydrogens (tertiary/aromatic N) is 1. The number of rotatable bonds is 15. The maximum atomic E-state index is 13.7. The van der Waals surface area contributed by atoms with Gasteiger partial charge in [-0.15, -0.1) is 0 Å². The van der Waals surface area contributed by atoms with E-state index in [9.17, 15) is 41.8 Å². The number of hydrogen-bond acceptors (Lipinski definition) is 8. The second kappa shape index (κ2) is 16.1. The summed E-state index contributed by atoms with van der Waals surface area (Å²) < 4.78 is 63.7. The van der Waals surface area contributed by atoms with Gasteiger partial charge in [0.15, 0.2) is 6.61 Å². The van der Waals surface area contributed by atoms with Gasteiger partial charge < -0.3 is 30.5 Å². The largest absolute Gasteiger partial charge is 0.508 e. The number of hydrogen-bond donors (Lipinski definition) is 5. The number of phenolic OH excluding ortho intramolecular Hbond substituents is 1. The standard InChI is InChI=1S/C36H35F2N3O9S/c37-25-7-1-22(2-8-25)31(43)18-17-30-34(41(36(30)46)27-11-9-26(38)10-12-27)24-5-15-29(16-6-24)50-21-32(44)40-33(23-3-13-28(42)14-4-23)35(45)39-19-20-51(47,48)49/h1-16,30-31,33-34,42-43H,17-21H2,(H,39,45)(H,40,44)(H,47,48,49)/t30?,31?,33-,34?/m1/s1. The topological polar surface area (TPSA) is 183 Å². The first-order chi connectivity index (χ1) is 24.3. The van der Waals surface area contributed by atoms with Crippen molar-refractivity contribution < 1.29 is 51.1 Å². The molecule has 12 nitrogen and oxygen atoms in total. The highest BCUT2D eigenvalue weighted by Gasteiger charge is 2.48. The molecule has 1 saturated heterocycles. The van der Waals surface area contributed by atoms with E-state index in [0.717, 1.165) is 0 Å². The van der Waals surface area contributed by atoms with Crippen molar-refractivity contribution in [1.82, 2.24) is 10.6 Å². The Morgan fingerprint density at radius 1 is 0.863 bits per heavy atom. The van der Waals surface area contributed by atoms with Crippen molar-refractivity contribution in [2.24, 2.45) is 5.92 Å². The van der Waals surface area contributed by atoms with Gasteiger partial charge in [0, 0.05) is 12.2 Å². The molecule has 5 N–H and O–H groups in total. The molecule has 0 aromatic heterocycles. The highest BCUT2D eigenvalue weighted by Crippen LogP contribution is 2.46. The van der Waals surface area contributed by atoms with E-state index in [2.05, 4.69) is 10.6 Å². The summed E-state index contributed by atoms with van der Waals surface area (Å²) in [7, 11) is -4.34. The smallest absolute Gasteiger partial charge is 0.266 e. The van der Waals surface area contributed by atoms with Crippen LogP contribution < -0.4 is 20.3 Å². The zero-order valence-electron chi connectivity index (χ0n) is 27.0. The number of carbonyl (C=O) groups excluding carboxylic acids is 3. The van der Waals surface area contributed by atoms with Gasteiger partial charge in [-0.1, -0.05) is 36.4 Å². The van der Waals surface area contributed by atoms with Gasteiger partial charge in [-0.25, -0.2) is 8.78 Å². The second-order valence-electron chi connectivity index (χ2n) is 11.9. The maximum absolute atomic E-state index is 13.7. The third-order valence-corrected chi connectivity index (χ3v) is 9.09. The molecule has 1 fully saturated rings. The number of β-lactam (4-membered cyclic amide) rings is 1. The summed E-state index contributed by atoms with van der Waals surface area (Å²) in [6.45, 7) is -0.925. The molecular weight excluding hydrogens is 688 g/mol. The summed E-state index contributed by atoms with van der Waals surface area (Å²) in [6.07, 6.45) is -0.378. The van der Waals surface area contributed by atoms with Gasteiger partial charge in [0.05, 0.1) is 23.8 Å². The van der Waals surface area contributed by atoms with Gasteiger partial charge in [0.2, 0.25) is 11.8 Å². The van der Waals surface area contributed by atoms with E-state index < -0.39 is 76.6 Å². The van der Waals surface area contributed by atoms with Crippen LogP contribution in [0.5, 0.6) is 11.5 Å². The monoisotopic (exact) mass is 723 g/mol. The summed E-state index contributed by atoms with van der Waals surface area (Å²) in [6, 6.07) is 21.3. The lowest BCUT2D eigenvalue weighted by molar-refractivity contribution is -0.131. The second-order valence-corrected chi connectivity index (χ2v) is 13.5. The van der Waals surface area contributed by atoms with Crippen LogP contribution in [0.25, 0.3) is 0 Å². The van der Waals surface area contributed by atoms with Gasteiger partial charge in [0.1, 0.15) is 29.2 Å². The lowest BCUT2D eigenvalue weighted by atomic mass is 9.78. The van der Waals surface area contributed by atoms with Crippen LogP contribution in [0.1, 0.15) is 47.7 Å². The Morgan fingerprint density at radius 2 is 1.45 bits per heavy atom. The van der Waals surface area contributed by atoms with Crippen molar-refractivity contribution in [3.8, 4) is 11.5 Å². The molecular formula is C36H35F2N3O9S. The van der Waals surface area contributed by atoms with Crippen molar-refractivity contribution >= 4 is 33.5 Å². The van der Waals surface area contributed by atoms with Crippen LogP contribution in [0.15, 0.2) is 97.1 Å². The minimum absolute atomic E-state index is 0.0802. The third-order valence-electron chi connectivity index (χ3n) is 8.37. The van der Waals surface area contributed by atoms with Gasteiger partial charge in [0.25, 0.3) is 16.0 Å². The van der Waals surface area contributed by atoms with Crippen molar-refractivity contribution in [1.29, 1.82) is 0 Å². The number of anilines is 1. The van der Waals surface area contributed by atoms with Crippen LogP contribution in [0.4, 0.5) is 14.5 Å². The van der Waals surface area contributed by atoms with Crippen LogP contribution in [0.3, 0.4) is 0 Å². The molecule has 4 aromatic rings. The molecule has 0 radical (unpaired) electrons. The zero-order chi connectivity index (χ0) is 36.7. The lowest BCUT2D eigenvalue weighted by Gasteiger charge is -2.48. The fourth-order valence-electron chi connectivity index (χ4n) is 5.77. The number of aromatic hydroxyl groups is 1. The number of benzene rings is 4. The maximum Gasteiger partial charge on any atom is 0.266 e. The molecule has 51 heavy (non-hydrogen) atoms. The summed E-state index contributed by atoms with van der Waals surface area (Å²) in [5, 5.41) is 25.2. The SMILES string of the molecule is O=C(COc1ccc(C2C(CCC(O)c3ccc(F)cc3)C(=O)N2c2ccc(F)cc2)cc1)N[C@@H](C(=O)NCCS(=O)(=O)O)c1ccc(O)cc1. The first-order valence-electron chi connectivity index (χ1n) is 15.8. The van der Waals surface area contributed by atoms with Gasteiger partial charge in [-0.3, -0.25) is 18.9 Å². The number of phenols is 1. The molecule has 4 atom stereocenters. The number of aliphatic hydroxyl groups excluding tert-OH is 1. The molecule has 3 unspecified atom stereocenters. The Balaban J connectivity index is 1.25. The van der Waals surface area contributed by atoms with Gasteiger partial charge >= 0.3 is 0 Å². The Bertz CT molecular complexity index is 1940. The minimum Gasteiger partial charge on any atom is -0.508 e. The molecule has 0 spiro atoms. The molecule has 3 amide bonds. The van der Waals surface area contributed by atoms with E-state index in [1.54, 1.807) is 29.2 Å². The molecule has 4 aromatic carbocycles. The van der Waals surface area contributed by atoms with Gasteiger partial charge in [-0.05, 0) is 90.2 Å². The van der Waals surface area contributed by atoms with Crippen molar-refractivity contribution in [3.05, 3.63) is 125 Å². The Morgan fingerprint density at radius 3 is 2.06 bits per heavy atom. The lowest BCUT2D eigenvalue weighted by Crippen LogP contribution is -2.55. The third kappa shape index (κ3) is 9.66. The first kappa shape index (κ1) is 36.9. The van der Waals surface area contributed by atoms with Crippen LogP contribution in [0.2, 0.25) is 0 Å². The zero-order valence-corrected chi connectivity index (χ0v) is 27.8. The summed E-state index contributed by atoms with van der Waals surface area (Å²) in [5.74, 6) is -3.61. The Kier molecular flexibility index (Phi) is 11.6. The number of nitrogens with one attached hydrogen (secondary N) is 2. The van der Waals surface area contributed by atoms with E-state index in [0.29, 0.717) is 23.2 Å². The van der Waals surface area contributed by atoms with Crippen molar-refractivity contribution in [2.45, 2.75) is 31.0 Å². The highest BCUT2D eigenvalue weighted by molar-refractivity contribution is 7.85. The number of aliphatic hydroxyl groups is 1. The van der Waals surface area contributed by atoms with Crippen LogP contribution in [-0.4, -0.2) is 59.8 Å². The molecule has 1 aliphatic heterocycles. The molecule has 15 heteroatoms. The number of ether oxygens (including phenoxy) is 1. The normalized spacial score (nSPS) is 16.9. The Labute approximate surface area is 292 Å². The quantitative estimate of drug-likeness (QED) is 0.0890. The summed E-state index contributed by atoms with van der Waals surface area (Å²) in [5.41, 5.74) is 2.01. The molecule has 0 aliphatic carbocycles. The number of halogens is 2. The minimum atomic E-state index is -4.34. The van der Waals surface area contributed by atoms with E-state index >= 15 is 0 Å². The van der Waals surface area contributed by atoms with E-state index in [4.69, 9.17) is 9.29 Å². The summed E-state index contributed by atoms with van der Waals surface area (Å²) in [4.78, 5) is 40.6. The Hall–Kier alpha value is -5.38. The molecule has 5 rings (SSSR count). The first-order valence-corrected chi connectivity index (χ1v) is 17.5. The van der Waals surface area contributed by atoms with Crippen LogP contribution >= 0.6 is 0 Å². The molecule has 268 valence electrons.